The number of hydrogen-bond donors (Lipinski definition) is 1. The van der Waals surface area contributed by atoms with Crippen molar-refractivity contribution in [3.05, 3.63) is 24.3 Å². The molecule has 2 amide bonds. The van der Waals surface area contributed by atoms with Crippen molar-refractivity contribution in [2.45, 2.75) is 76.0 Å². The average molecular weight is 475 g/mol. The van der Waals surface area contributed by atoms with Crippen LogP contribution in [0.25, 0.3) is 0 Å². The number of ether oxygens (including phenoxy) is 2. The van der Waals surface area contributed by atoms with Crippen LogP contribution in [-0.4, -0.2) is 82.8 Å². The lowest BCUT2D eigenvalue weighted by Crippen LogP contribution is -2.56. The Morgan fingerprint density at radius 1 is 1.00 bits per heavy atom. The van der Waals surface area contributed by atoms with E-state index in [1.807, 2.05) is 36.1 Å². The number of fused-ring (bicyclic) bond motifs is 2. The van der Waals surface area contributed by atoms with Crippen molar-refractivity contribution in [2.75, 3.05) is 32.8 Å². The van der Waals surface area contributed by atoms with E-state index in [0.29, 0.717) is 45.3 Å². The van der Waals surface area contributed by atoms with Crippen LogP contribution in [0.5, 0.6) is 0 Å². The molecule has 8 nitrogen and oxygen atoms in total. The second-order valence-corrected chi connectivity index (χ2v) is 9.84. The van der Waals surface area contributed by atoms with Gasteiger partial charge in [-0.25, -0.2) is 0 Å². The minimum absolute atomic E-state index is 0.0960. The summed E-state index contributed by atoms with van der Waals surface area (Å²) in [7, 11) is 0. The number of likely N-dealkylation sites (tertiary alicyclic amines) is 1. The first-order chi connectivity index (χ1) is 16.5. The van der Waals surface area contributed by atoms with Crippen LogP contribution in [0.2, 0.25) is 0 Å². The highest BCUT2D eigenvalue weighted by Gasteiger charge is 2.75. The molecule has 1 N–H and O–H groups in total. The second-order valence-electron chi connectivity index (χ2n) is 9.84. The minimum Gasteiger partial charge on any atom is -0.465 e. The van der Waals surface area contributed by atoms with E-state index in [1.165, 1.54) is 0 Å². The van der Waals surface area contributed by atoms with E-state index >= 15 is 0 Å². The third kappa shape index (κ3) is 3.98. The predicted octanol–water partition coefficient (Wildman–Crippen LogP) is 2.21. The van der Waals surface area contributed by atoms with Crippen LogP contribution in [0.3, 0.4) is 0 Å². The summed E-state index contributed by atoms with van der Waals surface area (Å²) in [6, 6.07) is -0.812. The summed E-state index contributed by atoms with van der Waals surface area (Å²) in [5.41, 5.74) is -2.19. The molecule has 188 valence electrons. The molecule has 0 aromatic rings. The Morgan fingerprint density at radius 2 is 1.82 bits per heavy atom. The highest BCUT2D eigenvalue weighted by atomic mass is 16.6. The van der Waals surface area contributed by atoms with Crippen LogP contribution in [0.4, 0.5) is 0 Å². The number of hydrogen-bond acceptors (Lipinski definition) is 6. The third-order valence-corrected chi connectivity index (χ3v) is 7.82. The number of aliphatic hydroxyl groups is 1. The fraction of sp³-hybridized carbons (Fsp3) is 0.731. The van der Waals surface area contributed by atoms with E-state index in [4.69, 9.17) is 14.6 Å². The molecule has 4 aliphatic rings. The van der Waals surface area contributed by atoms with Gasteiger partial charge in [0.15, 0.2) is 0 Å². The van der Waals surface area contributed by atoms with Gasteiger partial charge < -0.3 is 24.4 Å². The van der Waals surface area contributed by atoms with Gasteiger partial charge in [0.05, 0.1) is 12.5 Å². The number of aliphatic hydroxyl groups excluding tert-OH is 1. The third-order valence-electron chi connectivity index (χ3n) is 7.82. The number of carbonyl (C=O) groups excluding carboxylic acids is 3. The molecule has 8 heteroatoms. The zero-order chi connectivity index (χ0) is 24.3. The highest BCUT2D eigenvalue weighted by Crippen LogP contribution is 2.58. The lowest BCUT2D eigenvalue weighted by Gasteiger charge is -2.38. The number of rotatable bonds is 9. The van der Waals surface area contributed by atoms with E-state index < -0.39 is 35.0 Å². The van der Waals surface area contributed by atoms with E-state index in [2.05, 4.69) is 6.92 Å². The van der Waals surface area contributed by atoms with Gasteiger partial charge in [-0.2, -0.15) is 0 Å². The van der Waals surface area contributed by atoms with Crippen LogP contribution in [0, 0.1) is 11.8 Å². The molecule has 0 saturated carbocycles. The van der Waals surface area contributed by atoms with Crippen molar-refractivity contribution in [1.29, 1.82) is 0 Å². The van der Waals surface area contributed by atoms with E-state index in [9.17, 15) is 14.4 Å². The summed E-state index contributed by atoms with van der Waals surface area (Å²) < 4.78 is 12.4. The monoisotopic (exact) mass is 474 g/mol. The Morgan fingerprint density at radius 3 is 2.56 bits per heavy atom. The molecular formula is C26H38N2O6. The van der Waals surface area contributed by atoms with E-state index in [0.717, 1.165) is 19.3 Å². The molecule has 4 heterocycles. The Hall–Kier alpha value is -2.19. The molecule has 2 saturated heterocycles. The fourth-order valence-corrected chi connectivity index (χ4v) is 6.14. The van der Waals surface area contributed by atoms with Gasteiger partial charge in [-0.3, -0.25) is 14.4 Å². The van der Waals surface area contributed by atoms with Gasteiger partial charge >= 0.3 is 5.97 Å². The maximum Gasteiger partial charge on any atom is 0.313 e. The van der Waals surface area contributed by atoms with Crippen LogP contribution in [-0.2, 0) is 23.9 Å². The molecular weight excluding hydrogens is 436 g/mol. The van der Waals surface area contributed by atoms with Crippen molar-refractivity contribution in [3.63, 3.8) is 0 Å². The van der Waals surface area contributed by atoms with E-state index in [1.54, 1.807) is 4.90 Å². The summed E-state index contributed by atoms with van der Waals surface area (Å²) in [4.78, 5) is 44.7. The molecule has 0 radical (unpaired) electrons. The van der Waals surface area contributed by atoms with Gasteiger partial charge in [0, 0.05) is 26.2 Å². The summed E-state index contributed by atoms with van der Waals surface area (Å²) in [5, 5.41) is 9.16. The van der Waals surface area contributed by atoms with Crippen LogP contribution in [0.1, 0.15) is 58.8 Å². The van der Waals surface area contributed by atoms with E-state index in [-0.39, 0.29) is 25.0 Å². The molecule has 2 fully saturated rings. The van der Waals surface area contributed by atoms with Gasteiger partial charge in [0.2, 0.25) is 11.8 Å². The molecule has 1 unspecified atom stereocenters. The Labute approximate surface area is 201 Å². The van der Waals surface area contributed by atoms with Crippen LogP contribution in [0.15, 0.2) is 24.3 Å². The van der Waals surface area contributed by atoms with Crippen molar-refractivity contribution in [1.82, 2.24) is 9.80 Å². The first kappa shape index (κ1) is 24.9. The zero-order valence-electron chi connectivity index (χ0n) is 20.4. The number of unbranched alkanes of at least 4 members (excludes halogenated alkanes) is 3. The molecule has 34 heavy (non-hydrogen) atoms. The first-order valence-corrected chi connectivity index (χ1v) is 12.9. The zero-order valence-corrected chi connectivity index (χ0v) is 20.4. The number of nitrogens with zero attached hydrogens (tertiary/aromatic N) is 2. The van der Waals surface area contributed by atoms with Gasteiger partial charge in [-0.1, -0.05) is 44.6 Å². The molecule has 0 aromatic heterocycles. The van der Waals surface area contributed by atoms with Crippen LogP contribution >= 0.6 is 0 Å². The average Bonchev–Trinajstić information content (AvgIpc) is 3.17. The lowest BCUT2D eigenvalue weighted by atomic mass is 9.73. The van der Waals surface area contributed by atoms with Crippen molar-refractivity contribution in [3.8, 4) is 0 Å². The maximum atomic E-state index is 14.0. The van der Waals surface area contributed by atoms with Crippen molar-refractivity contribution in [2.24, 2.45) is 11.8 Å². The van der Waals surface area contributed by atoms with Crippen LogP contribution < -0.4 is 0 Å². The number of carbonyl (C=O) groups is 3. The standard InChI is InChI=1S/C26H38N2O6/c1-3-5-14-27-15-11-13-26-19(20-24(32)33-18-10-7-12-25(20,4-2)34-26)22(30)28(21(26)23(27)31)16-8-6-9-17-29/h7,11-13,19-21,29H,3-6,8-10,14-18H2,1-2H3/t19-,20-,21?,25+,26-/m0/s1. The molecule has 5 atom stereocenters. The smallest absolute Gasteiger partial charge is 0.313 e. The molecule has 1 spiro atoms. The number of amides is 2. The highest BCUT2D eigenvalue weighted by molar-refractivity contribution is 5.99. The summed E-state index contributed by atoms with van der Waals surface area (Å²) >= 11 is 0. The van der Waals surface area contributed by atoms with Gasteiger partial charge in [0.25, 0.3) is 0 Å². The van der Waals surface area contributed by atoms with Gasteiger partial charge in [0.1, 0.15) is 23.2 Å². The maximum absolute atomic E-state index is 14.0. The molecule has 0 aliphatic carbocycles. The Kier molecular flexibility index (Phi) is 7.48. The number of cyclic esters (lactones) is 1. The summed E-state index contributed by atoms with van der Waals surface area (Å²) in [5.74, 6) is -2.36. The second kappa shape index (κ2) is 10.2. The Bertz CT molecular complexity index is 856. The summed E-state index contributed by atoms with van der Waals surface area (Å²) in [6.45, 7) is 5.88. The molecule has 0 aromatic carbocycles. The van der Waals surface area contributed by atoms with Crippen molar-refractivity contribution < 1.29 is 29.0 Å². The molecule has 0 bridgehead atoms. The fourth-order valence-electron chi connectivity index (χ4n) is 6.14. The quantitative estimate of drug-likeness (QED) is 0.313. The predicted molar refractivity (Wildman–Crippen MR) is 126 cm³/mol. The minimum atomic E-state index is -1.21. The topological polar surface area (TPSA) is 96.4 Å². The van der Waals surface area contributed by atoms with Gasteiger partial charge in [-0.05, 0) is 38.5 Å². The number of esters is 1. The Balaban J connectivity index is 1.78. The summed E-state index contributed by atoms with van der Waals surface area (Å²) in [6.07, 6.45) is 12.7. The lowest BCUT2D eigenvalue weighted by molar-refractivity contribution is -0.161. The molecule has 4 aliphatic heterocycles. The first-order valence-electron chi connectivity index (χ1n) is 12.9. The van der Waals surface area contributed by atoms with Crippen molar-refractivity contribution >= 4 is 17.8 Å². The molecule has 4 rings (SSSR count). The normalized spacial score (nSPS) is 34.9. The largest absolute Gasteiger partial charge is 0.465 e. The SMILES string of the molecule is CCCCN1CC=C[C@]23O[C@]4(CC)C=CCCOC(=O)[C@@H]4[C@H]2C(=O)N(CCCCCO)C3C1=O. The van der Waals surface area contributed by atoms with Gasteiger partial charge in [-0.15, -0.1) is 0 Å².